The van der Waals surface area contributed by atoms with E-state index in [4.69, 9.17) is 10.5 Å². The second-order valence-electron chi connectivity index (χ2n) is 6.28. The number of ether oxygens (including phenoxy) is 1. The van der Waals surface area contributed by atoms with E-state index in [0.29, 0.717) is 5.92 Å². The Bertz CT molecular complexity index is 689. The van der Waals surface area contributed by atoms with Gasteiger partial charge in [-0.25, -0.2) is 8.78 Å². The summed E-state index contributed by atoms with van der Waals surface area (Å²) in [5.41, 5.74) is 6.12. The number of benzene rings is 1. The molecule has 1 fully saturated rings. The van der Waals surface area contributed by atoms with E-state index in [1.165, 1.54) is 12.1 Å². The molecular formula is C19H22F2N2O3. The standard InChI is InChI=1S/C19H22F2N2O3/c1-12(17(20)21)16(18(22)24)23-19(25)15-6-4-13(5-7-15)2-3-14-8-10-26-11-9-14/h4-7,12,14,16-17H,8-11H2,1H3,(H2,22,24)(H,23,25). The average molecular weight is 364 g/mol. The summed E-state index contributed by atoms with van der Waals surface area (Å²) in [5.74, 6) is 3.55. The molecule has 2 unspecified atom stereocenters. The highest BCUT2D eigenvalue weighted by atomic mass is 19.3. The lowest BCUT2D eigenvalue weighted by Gasteiger charge is -2.21. The largest absolute Gasteiger partial charge is 0.381 e. The number of hydrogen-bond acceptors (Lipinski definition) is 3. The lowest BCUT2D eigenvalue weighted by molar-refractivity contribution is -0.122. The normalized spacial score (nSPS) is 17.1. The third-order valence-corrected chi connectivity index (χ3v) is 4.31. The number of nitrogens with two attached hydrogens (primary N) is 1. The smallest absolute Gasteiger partial charge is 0.251 e. The van der Waals surface area contributed by atoms with Crippen LogP contribution in [0.15, 0.2) is 24.3 Å². The van der Waals surface area contributed by atoms with E-state index in [1.54, 1.807) is 12.1 Å². The molecule has 1 saturated heterocycles. The van der Waals surface area contributed by atoms with E-state index < -0.39 is 30.2 Å². The zero-order valence-corrected chi connectivity index (χ0v) is 14.5. The van der Waals surface area contributed by atoms with Crippen molar-refractivity contribution < 1.29 is 23.1 Å². The average Bonchev–Trinajstić information content (AvgIpc) is 2.64. The minimum absolute atomic E-state index is 0.245. The Morgan fingerprint density at radius 1 is 1.23 bits per heavy atom. The van der Waals surface area contributed by atoms with Crippen molar-refractivity contribution in [1.82, 2.24) is 5.32 Å². The van der Waals surface area contributed by atoms with E-state index >= 15 is 0 Å². The molecular weight excluding hydrogens is 342 g/mol. The van der Waals surface area contributed by atoms with E-state index in [-0.39, 0.29) is 5.56 Å². The van der Waals surface area contributed by atoms with Crippen LogP contribution in [0.1, 0.15) is 35.7 Å². The van der Waals surface area contributed by atoms with Crippen LogP contribution in [0.25, 0.3) is 0 Å². The molecule has 1 aliphatic heterocycles. The van der Waals surface area contributed by atoms with Crippen molar-refractivity contribution in [1.29, 1.82) is 0 Å². The van der Waals surface area contributed by atoms with Crippen LogP contribution in [-0.4, -0.2) is 37.5 Å². The molecule has 2 amide bonds. The fraction of sp³-hybridized carbons (Fsp3) is 0.474. The summed E-state index contributed by atoms with van der Waals surface area (Å²) in [5, 5.41) is 2.27. The highest BCUT2D eigenvalue weighted by molar-refractivity contribution is 5.97. The second-order valence-corrected chi connectivity index (χ2v) is 6.28. The molecule has 0 spiro atoms. The van der Waals surface area contributed by atoms with E-state index in [1.807, 2.05) is 0 Å². The Balaban J connectivity index is 2.01. The SMILES string of the molecule is CC(C(F)F)C(NC(=O)c1ccc(C#CC2CCOCC2)cc1)C(N)=O. The number of carbonyl (C=O) groups excluding carboxylic acids is 2. The Hall–Kier alpha value is -2.46. The quantitative estimate of drug-likeness (QED) is 0.784. The van der Waals surface area contributed by atoms with Gasteiger partial charge in [0.25, 0.3) is 5.91 Å². The van der Waals surface area contributed by atoms with Crippen LogP contribution in [0.2, 0.25) is 0 Å². The minimum Gasteiger partial charge on any atom is -0.381 e. The van der Waals surface area contributed by atoms with Crippen molar-refractivity contribution in [2.45, 2.75) is 32.2 Å². The summed E-state index contributed by atoms with van der Waals surface area (Å²) in [6.07, 6.45) is -0.954. The number of nitrogens with one attached hydrogen (secondary N) is 1. The molecule has 1 aromatic rings. The van der Waals surface area contributed by atoms with Crippen LogP contribution in [-0.2, 0) is 9.53 Å². The van der Waals surface area contributed by atoms with Crippen molar-refractivity contribution in [2.24, 2.45) is 17.6 Å². The first kappa shape index (κ1) is 19.9. The van der Waals surface area contributed by atoms with Gasteiger partial charge in [-0.1, -0.05) is 18.8 Å². The van der Waals surface area contributed by atoms with Gasteiger partial charge >= 0.3 is 0 Å². The van der Waals surface area contributed by atoms with Crippen LogP contribution < -0.4 is 11.1 Å². The van der Waals surface area contributed by atoms with Gasteiger partial charge in [0.05, 0.1) is 0 Å². The topological polar surface area (TPSA) is 81.4 Å². The number of primary amides is 1. The molecule has 0 saturated carbocycles. The van der Waals surface area contributed by atoms with Crippen LogP contribution in [0.5, 0.6) is 0 Å². The predicted octanol–water partition coefficient (Wildman–Crippen LogP) is 1.95. The van der Waals surface area contributed by atoms with E-state index in [2.05, 4.69) is 17.2 Å². The summed E-state index contributed by atoms with van der Waals surface area (Å²) in [6.45, 7) is 2.60. The monoisotopic (exact) mass is 364 g/mol. The van der Waals surface area contributed by atoms with Gasteiger partial charge in [0.1, 0.15) is 6.04 Å². The van der Waals surface area contributed by atoms with Crippen molar-refractivity contribution in [2.75, 3.05) is 13.2 Å². The summed E-state index contributed by atoms with van der Waals surface area (Å²) in [4.78, 5) is 23.5. The van der Waals surface area contributed by atoms with Crippen LogP contribution in [0.3, 0.4) is 0 Å². The fourth-order valence-electron chi connectivity index (χ4n) is 2.56. The maximum atomic E-state index is 12.8. The lowest BCUT2D eigenvalue weighted by atomic mass is 10.00. The van der Waals surface area contributed by atoms with Crippen molar-refractivity contribution in [3.05, 3.63) is 35.4 Å². The van der Waals surface area contributed by atoms with E-state index in [0.717, 1.165) is 38.5 Å². The maximum Gasteiger partial charge on any atom is 0.251 e. The first-order valence-corrected chi connectivity index (χ1v) is 8.46. The molecule has 2 rings (SSSR count). The van der Waals surface area contributed by atoms with Gasteiger partial charge < -0.3 is 15.8 Å². The first-order valence-electron chi connectivity index (χ1n) is 8.46. The zero-order chi connectivity index (χ0) is 19.1. The molecule has 1 aliphatic rings. The summed E-state index contributed by atoms with van der Waals surface area (Å²) in [7, 11) is 0. The van der Waals surface area contributed by atoms with Crippen molar-refractivity contribution in [3.63, 3.8) is 0 Å². The molecule has 3 N–H and O–H groups in total. The molecule has 26 heavy (non-hydrogen) atoms. The zero-order valence-electron chi connectivity index (χ0n) is 14.5. The molecule has 0 radical (unpaired) electrons. The predicted molar refractivity (Wildman–Crippen MR) is 92.5 cm³/mol. The van der Waals surface area contributed by atoms with Crippen LogP contribution in [0, 0.1) is 23.7 Å². The van der Waals surface area contributed by atoms with Crippen LogP contribution in [0.4, 0.5) is 8.78 Å². The summed E-state index contributed by atoms with van der Waals surface area (Å²) < 4.78 is 30.9. The molecule has 0 bridgehead atoms. The van der Waals surface area contributed by atoms with Gasteiger partial charge in [0, 0.05) is 36.2 Å². The second kappa shape index (κ2) is 9.30. The molecule has 2 atom stereocenters. The molecule has 5 nitrogen and oxygen atoms in total. The Labute approximate surface area is 151 Å². The van der Waals surface area contributed by atoms with Crippen molar-refractivity contribution >= 4 is 11.8 Å². The number of rotatable bonds is 5. The molecule has 0 aromatic heterocycles. The summed E-state index contributed by atoms with van der Waals surface area (Å²) in [6, 6.07) is 4.99. The molecule has 1 aromatic carbocycles. The minimum atomic E-state index is -2.77. The third kappa shape index (κ3) is 5.53. The lowest BCUT2D eigenvalue weighted by Crippen LogP contribution is -2.50. The number of halogens is 2. The fourth-order valence-corrected chi connectivity index (χ4v) is 2.56. The molecule has 0 aliphatic carbocycles. The van der Waals surface area contributed by atoms with Gasteiger partial charge in [0.2, 0.25) is 12.3 Å². The van der Waals surface area contributed by atoms with Gasteiger partial charge in [-0.2, -0.15) is 0 Å². The number of carbonyl (C=O) groups is 2. The highest BCUT2D eigenvalue weighted by Crippen LogP contribution is 2.15. The van der Waals surface area contributed by atoms with E-state index in [9.17, 15) is 18.4 Å². The van der Waals surface area contributed by atoms with Crippen molar-refractivity contribution in [3.8, 4) is 11.8 Å². The first-order chi connectivity index (χ1) is 12.4. The molecule has 140 valence electrons. The number of hydrogen-bond donors (Lipinski definition) is 2. The number of alkyl halides is 2. The molecule has 7 heteroatoms. The highest BCUT2D eigenvalue weighted by Gasteiger charge is 2.31. The van der Waals surface area contributed by atoms with Gasteiger partial charge in [-0.15, -0.1) is 0 Å². The van der Waals surface area contributed by atoms with Gasteiger partial charge in [-0.05, 0) is 37.1 Å². The molecule has 1 heterocycles. The van der Waals surface area contributed by atoms with Gasteiger partial charge in [-0.3, -0.25) is 9.59 Å². The Morgan fingerprint density at radius 3 is 2.38 bits per heavy atom. The van der Waals surface area contributed by atoms with Crippen LogP contribution >= 0.6 is 0 Å². The Morgan fingerprint density at radius 2 is 1.85 bits per heavy atom. The third-order valence-electron chi connectivity index (χ3n) is 4.31. The summed E-state index contributed by atoms with van der Waals surface area (Å²) >= 11 is 0. The maximum absolute atomic E-state index is 12.8. The number of amides is 2. The van der Waals surface area contributed by atoms with Gasteiger partial charge in [0.15, 0.2) is 0 Å². The Kier molecular flexibility index (Phi) is 7.10.